The lowest BCUT2D eigenvalue weighted by Crippen LogP contribution is -2.21. The van der Waals surface area contributed by atoms with Gasteiger partial charge in [-0.15, -0.1) is 5.10 Å². The van der Waals surface area contributed by atoms with Crippen LogP contribution in [0.4, 0.5) is 11.8 Å². The van der Waals surface area contributed by atoms with Crippen LogP contribution >= 0.6 is 0 Å². The summed E-state index contributed by atoms with van der Waals surface area (Å²) in [4.78, 5) is 6.75. The molecule has 5 heteroatoms. The molecule has 0 amide bonds. The van der Waals surface area contributed by atoms with E-state index in [1.54, 1.807) is 6.20 Å². The van der Waals surface area contributed by atoms with Gasteiger partial charge in [-0.25, -0.2) is 0 Å². The fourth-order valence-corrected chi connectivity index (χ4v) is 2.46. The first-order valence-electron chi connectivity index (χ1n) is 7.09. The number of hydrogen-bond acceptors (Lipinski definition) is 5. The number of anilines is 2. The average molecular weight is 269 g/mol. The van der Waals surface area contributed by atoms with Crippen LogP contribution in [0.3, 0.4) is 0 Å². The molecule has 1 atom stereocenters. The van der Waals surface area contributed by atoms with Crippen molar-refractivity contribution in [3.8, 4) is 0 Å². The van der Waals surface area contributed by atoms with Crippen LogP contribution in [-0.4, -0.2) is 28.3 Å². The number of hydrogen-bond donors (Lipinski definition) is 1. The van der Waals surface area contributed by atoms with E-state index in [0.717, 1.165) is 24.9 Å². The molecule has 1 fully saturated rings. The van der Waals surface area contributed by atoms with Gasteiger partial charge in [0.05, 0.1) is 6.20 Å². The molecular weight excluding hydrogens is 250 g/mol. The molecule has 2 aromatic rings. The van der Waals surface area contributed by atoms with Crippen molar-refractivity contribution in [1.82, 2.24) is 15.2 Å². The SMILES string of the molecule is CC(Nc1cnnc(N2CCCC2)n1)c1ccccc1. The highest BCUT2D eigenvalue weighted by molar-refractivity contribution is 5.41. The predicted octanol–water partition coefficient (Wildman–Crippen LogP) is 2.64. The van der Waals surface area contributed by atoms with E-state index in [9.17, 15) is 0 Å². The molecular formula is C15H19N5. The Labute approximate surface area is 119 Å². The summed E-state index contributed by atoms with van der Waals surface area (Å²) < 4.78 is 0. The maximum atomic E-state index is 4.56. The normalized spacial score (nSPS) is 16.1. The van der Waals surface area contributed by atoms with Crippen LogP contribution in [0.2, 0.25) is 0 Å². The largest absolute Gasteiger partial charge is 0.362 e. The van der Waals surface area contributed by atoms with E-state index in [0.29, 0.717) is 0 Å². The van der Waals surface area contributed by atoms with Gasteiger partial charge < -0.3 is 10.2 Å². The molecule has 0 saturated carbocycles. The summed E-state index contributed by atoms with van der Waals surface area (Å²) >= 11 is 0. The van der Waals surface area contributed by atoms with Gasteiger partial charge in [0, 0.05) is 19.1 Å². The minimum Gasteiger partial charge on any atom is -0.362 e. The molecule has 1 aromatic heterocycles. The quantitative estimate of drug-likeness (QED) is 0.924. The second-order valence-corrected chi connectivity index (χ2v) is 5.11. The highest BCUT2D eigenvalue weighted by atomic mass is 15.3. The van der Waals surface area contributed by atoms with E-state index < -0.39 is 0 Å². The van der Waals surface area contributed by atoms with Gasteiger partial charge in [0.1, 0.15) is 0 Å². The van der Waals surface area contributed by atoms with Crippen LogP contribution in [-0.2, 0) is 0 Å². The molecule has 0 radical (unpaired) electrons. The molecule has 0 bridgehead atoms. The third-order valence-corrected chi connectivity index (χ3v) is 3.60. The Morgan fingerprint density at radius 3 is 2.65 bits per heavy atom. The van der Waals surface area contributed by atoms with Crippen molar-refractivity contribution < 1.29 is 0 Å². The monoisotopic (exact) mass is 269 g/mol. The first-order valence-corrected chi connectivity index (χ1v) is 7.09. The molecule has 1 unspecified atom stereocenters. The Morgan fingerprint density at radius 1 is 1.15 bits per heavy atom. The standard InChI is InChI=1S/C15H19N5/c1-12(13-7-3-2-4-8-13)17-14-11-16-19-15(18-14)20-9-5-6-10-20/h2-4,7-8,11-12H,5-6,9-10H2,1H3,(H,17,18,19). The zero-order valence-corrected chi connectivity index (χ0v) is 11.7. The van der Waals surface area contributed by atoms with Crippen LogP contribution in [0.25, 0.3) is 0 Å². The molecule has 20 heavy (non-hydrogen) atoms. The Bertz CT molecular complexity index is 551. The Hall–Kier alpha value is -2.17. The molecule has 1 aliphatic heterocycles. The van der Waals surface area contributed by atoms with Crippen molar-refractivity contribution in [3.05, 3.63) is 42.1 Å². The number of rotatable bonds is 4. The van der Waals surface area contributed by atoms with Crippen LogP contribution in [0, 0.1) is 0 Å². The third-order valence-electron chi connectivity index (χ3n) is 3.60. The van der Waals surface area contributed by atoms with Gasteiger partial charge in [0.2, 0.25) is 5.95 Å². The van der Waals surface area contributed by atoms with Crippen molar-refractivity contribution >= 4 is 11.8 Å². The second kappa shape index (κ2) is 5.86. The molecule has 1 aromatic carbocycles. The summed E-state index contributed by atoms with van der Waals surface area (Å²) in [6.07, 6.45) is 4.10. The molecule has 0 aliphatic carbocycles. The summed E-state index contributed by atoms with van der Waals surface area (Å²) in [5, 5.41) is 11.6. The summed E-state index contributed by atoms with van der Waals surface area (Å²) in [5.74, 6) is 1.51. The first kappa shape index (κ1) is 12.8. The van der Waals surface area contributed by atoms with Gasteiger partial charge in [0.15, 0.2) is 5.82 Å². The molecule has 3 rings (SSSR count). The lowest BCUT2D eigenvalue weighted by molar-refractivity contribution is 0.826. The van der Waals surface area contributed by atoms with Crippen molar-refractivity contribution in [1.29, 1.82) is 0 Å². The lowest BCUT2D eigenvalue weighted by Gasteiger charge is -2.17. The van der Waals surface area contributed by atoms with Crippen LogP contribution in [0.15, 0.2) is 36.5 Å². The van der Waals surface area contributed by atoms with E-state index in [-0.39, 0.29) is 6.04 Å². The van der Waals surface area contributed by atoms with Crippen molar-refractivity contribution in [2.45, 2.75) is 25.8 Å². The highest BCUT2D eigenvalue weighted by Crippen LogP contribution is 2.19. The minimum absolute atomic E-state index is 0.194. The number of benzene rings is 1. The molecule has 1 N–H and O–H groups in total. The van der Waals surface area contributed by atoms with Crippen LogP contribution < -0.4 is 10.2 Å². The van der Waals surface area contributed by atoms with E-state index in [2.05, 4.69) is 44.5 Å². The second-order valence-electron chi connectivity index (χ2n) is 5.11. The summed E-state index contributed by atoms with van der Waals surface area (Å²) in [6.45, 7) is 4.17. The highest BCUT2D eigenvalue weighted by Gasteiger charge is 2.16. The Morgan fingerprint density at radius 2 is 1.90 bits per heavy atom. The predicted molar refractivity (Wildman–Crippen MR) is 79.8 cm³/mol. The van der Waals surface area contributed by atoms with E-state index in [4.69, 9.17) is 0 Å². The van der Waals surface area contributed by atoms with Gasteiger partial charge in [-0.1, -0.05) is 30.3 Å². The lowest BCUT2D eigenvalue weighted by atomic mass is 10.1. The van der Waals surface area contributed by atoms with Gasteiger partial charge in [0.25, 0.3) is 0 Å². The number of aromatic nitrogens is 3. The summed E-state index contributed by atoms with van der Waals surface area (Å²) in [7, 11) is 0. The van der Waals surface area contributed by atoms with Crippen molar-refractivity contribution in [2.75, 3.05) is 23.3 Å². The third kappa shape index (κ3) is 2.87. The van der Waals surface area contributed by atoms with Gasteiger partial charge >= 0.3 is 0 Å². The molecule has 0 spiro atoms. The van der Waals surface area contributed by atoms with Gasteiger partial charge in [-0.2, -0.15) is 10.1 Å². The zero-order valence-electron chi connectivity index (χ0n) is 11.7. The minimum atomic E-state index is 0.194. The fourth-order valence-electron chi connectivity index (χ4n) is 2.46. The first-order chi connectivity index (χ1) is 9.83. The fraction of sp³-hybridized carbons (Fsp3) is 0.400. The van der Waals surface area contributed by atoms with E-state index >= 15 is 0 Å². The zero-order chi connectivity index (χ0) is 13.8. The van der Waals surface area contributed by atoms with Gasteiger partial charge in [-0.05, 0) is 25.3 Å². The number of nitrogens with one attached hydrogen (secondary N) is 1. The topological polar surface area (TPSA) is 53.9 Å². The molecule has 2 heterocycles. The summed E-state index contributed by atoms with van der Waals surface area (Å²) in [6, 6.07) is 10.5. The summed E-state index contributed by atoms with van der Waals surface area (Å²) in [5.41, 5.74) is 1.23. The average Bonchev–Trinajstić information content (AvgIpc) is 3.03. The Balaban J connectivity index is 1.72. The van der Waals surface area contributed by atoms with Gasteiger partial charge in [-0.3, -0.25) is 0 Å². The molecule has 5 nitrogen and oxygen atoms in total. The van der Waals surface area contributed by atoms with E-state index in [1.807, 2.05) is 18.2 Å². The van der Waals surface area contributed by atoms with Crippen molar-refractivity contribution in [3.63, 3.8) is 0 Å². The molecule has 1 aliphatic rings. The Kier molecular flexibility index (Phi) is 3.76. The van der Waals surface area contributed by atoms with Crippen LogP contribution in [0.1, 0.15) is 31.4 Å². The molecule has 1 saturated heterocycles. The number of nitrogens with zero attached hydrogens (tertiary/aromatic N) is 4. The van der Waals surface area contributed by atoms with Crippen LogP contribution in [0.5, 0.6) is 0 Å². The molecule has 104 valence electrons. The van der Waals surface area contributed by atoms with Crippen molar-refractivity contribution in [2.24, 2.45) is 0 Å². The maximum absolute atomic E-state index is 4.56. The maximum Gasteiger partial charge on any atom is 0.247 e. The van der Waals surface area contributed by atoms with E-state index in [1.165, 1.54) is 18.4 Å². The smallest absolute Gasteiger partial charge is 0.247 e.